The normalized spacial score (nSPS) is 19.9. The molecule has 1 fully saturated rings. The third-order valence-corrected chi connectivity index (χ3v) is 3.58. The lowest BCUT2D eigenvalue weighted by Gasteiger charge is -2.31. The minimum Gasteiger partial charge on any atom is -0.489 e. The zero-order chi connectivity index (χ0) is 14.5. The van der Waals surface area contributed by atoms with E-state index in [0.717, 1.165) is 30.8 Å². The molecule has 110 valence electrons. The van der Waals surface area contributed by atoms with Gasteiger partial charge in [-0.15, -0.1) is 0 Å². The zero-order valence-electron chi connectivity index (χ0n) is 12.6. The van der Waals surface area contributed by atoms with Gasteiger partial charge in [0, 0.05) is 0 Å². The van der Waals surface area contributed by atoms with Crippen molar-refractivity contribution in [1.82, 2.24) is 4.90 Å². The van der Waals surface area contributed by atoms with E-state index in [9.17, 15) is 4.79 Å². The van der Waals surface area contributed by atoms with Gasteiger partial charge in [0.05, 0.1) is 17.8 Å². The lowest BCUT2D eigenvalue weighted by molar-refractivity contribution is -0.121. The van der Waals surface area contributed by atoms with Crippen molar-refractivity contribution < 1.29 is 9.53 Å². The number of piperidine rings is 1. The minimum atomic E-state index is -0.0316. The number of hydrogen-bond donors (Lipinski definition) is 1. The van der Waals surface area contributed by atoms with Crippen LogP contribution < -0.4 is 10.1 Å². The van der Waals surface area contributed by atoms with E-state index in [1.807, 2.05) is 45.2 Å². The number of likely N-dealkylation sites (tertiary alicyclic amines) is 1. The maximum atomic E-state index is 12.4. The zero-order valence-corrected chi connectivity index (χ0v) is 12.6. The molecule has 0 aromatic heterocycles. The molecule has 1 N–H and O–H groups in total. The Bertz CT molecular complexity index is 460. The van der Waals surface area contributed by atoms with Crippen molar-refractivity contribution in [2.45, 2.75) is 45.3 Å². The Balaban J connectivity index is 2.07. The van der Waals surface area contributed by atoms with E-state index in [2.05, 4.69) is 10.2 Å². The van der Waals surface area contributed by atoms with E-state index in [1.165, 1.54) is 6.42 Å². The molecule has 0 aliphatic carbocycles. The maximum absolute atomic E-state index is 12.4. The van der Waals surface area contributed by atoms with E-state index < -0.39 is 0 Å². The van der Waals surface area contributed by atoms with Crippen LogP contribution >= 0.6 is 0 Å². The van der Waals surface area contributed by atoms with Crippen molar-refractivity contribution in [1.29, 1.82) is 0 Å². The van der Waals surface area contributed by atoms with Crippen LogP contribution in [0.2, 0.25) is 0 Å². The highest BCUT2D eigenvalue weighted by molar-refractivity contribution is 5.96. The molecule has 1 aliphatic heterocycles. The van der Waals surface area contributed by atoms with Gasteiger partial charge in [0.25, 0.3) is 0 Å². The summed E-state index contributed by atoms with van der Waals surface area (Å²) in [5.74, 6) is 0.793. The summed E-state index contributed by atoms with van der Waals surface area (Å²) in [5, 5.41) is 3.01. The van der Waals surface area contributed by atoms with Crippen molar-refractivity contribution in [3.63, 3.8) is 0 Å². The van der Waals surface area contributed by atoms with Gasteiger partial charge in [-0.1, -0.05) is 18.6 Å². The van der Waals surface area contributed by atoms with Crippen molar-refractivity contribution in [3.8, 4) is 5.75 Å². The molecular formula is C16H24N2O2. The number of anilines is 1. The molecule has 1 atom stereocenters. The first kappa shape index (κ1) is 14.9. The van der Waals surface area contributed by atoms with Crippen LogP contribution in [0.3, 0.4) is 0 Å². The van der Waals surface area contributed by atoms with E-state index in [4.69, 9.17) is 4.74 Å². The maximum Gasteiger partial charge on any atom is 0.241 e. The smallest absolute Gasteiger partial charge is 0.241 e. The van der Waals surface area contributed by atoms with Crippen LogP contribution in [0.1, 0.15) is 33.1 Å². The van der Waals surface area contributed by atoms with Crippen LogP contribution in [0.25, 0.3) is 0 Å². The fraction of sp³-hybridized carbons (Fsp3) is 0.562. The summed E-state index contributed by atoms with van der Waals surface area (Å²) in [4.78, 5) is 14.5. The van der Waals surface area contributed by atoms with Crippen molar-refractivity contribution in [3.05, 3.63) is 24.3 Å². The number of carbonyl (C=O) groups excluding carboxylic acids is 1. The Labute approximate surface area is 121 Å². The van der Waals surface area contributed by atoms with Gasteiger partial charge in [-0.05, 0) is 52.4 Å². The number of nitrogens with zero attached hydrogens (tertiary/aromatic N) is 1. The number of likely N-dealkylation sites (N-methyl/N-ethyl adjacent to an activating group) is 1. The number of rotatable bonds is 4. The monoisotopic (exact) mass is 276 g/mol. The van der Waals surface area contributed by atoms with Gasteiger partial charge in [0.15, 0.2) is 0 Å². The van der Waals surface area contributed by atoms with Gasteiger partial charge < -0.3 is 10.1 Å². The Kier molecular flexibility index (Phi) is 5.01. The molecule has 1 amide bonds. The molecule has 20 heavy (non-hydrogen) atoms. The van der Waals surface area contributed by atoms with E-state index in [0.29, 0.717) is 0 Å². The van der Waals surface area contributed by atoms with Crippen molar-refractivity contribution in [2.24, 2.45) is 0 Å². The summed E-state index contributed by atoms with van der Waals surface area (Å²) >= 11 is 0. The molecule has 0 bridgehead atoms. The van der Waals surface area contributed by atoms with Gasteiger partial charge in [0.1, 0.15) is 5.75 Å². The number of ether oxygens (including phenoxy) is 1. The summed E-state index contributed by atoms with van der Waals surface area (Å²) in [7, 11) is 2.01. The average Bonchev–Trinajstić information content (AvgIpc) is 2.41. The summed E-state index contributed by atoms with van der Waals surface area (Å²) < 4.78 is 5.73. The van der Waals surface area contributed by atoms with E-state index in [1.54, 1.807) is 0 Å². The average molecular weight is 276 g/mol. The van der Waals surface area contributed by atoms with Gasteiger partial charge in [-0.3, -0.25) is 9.69 Å². The highest BCUT2D eigenvalue weighted by Crippen LogP contribution is 2.26. The Morgan fingerprint density at radius 2 is 2.10 bits per heavy atom. The largest absolute Gasteiger partial charge is 0.489 e. The van der Waals surface area contributed by atoms with Crippen LogP contribution in [0.4, 0.5) is 5.69 Å². The number of benzene rings is 1. The first-order valence-electron chi connectivity index (χ1n) is 7.34. The molecule has 0 radical (unpaired) electrons. The highest BCUT2D eigenvalue weighted by Gasteiger charge is 2.26. The Hall–Kier alpha value is -1.55. The predicted molar refractivity (Wildman–Crippen MR) is 81.1 cm³/mol. The van der Waals surface area contributed by atoms with Crippen LogP contribution in [0.15, 0.2) is 24.3 Å². The van der Waals surface area contributed by atoms with Crippen molar-refractivity contribution in [2.75, 3.05) is 18.9 Å². The summed E-state index contributed by atoms with van der Waals surface area (Å²) in [6.07, 6.45) is 3.31. The highest BCUT2D eigenvalue weighted by atomic mass is 16.5. The second-order valence-corrected chi connectivity index (χ2v) is 5.64. The fourth-order valence-corrected chi connectivity index (χ4v) is 2.55. The summed E-state index contributed by atoms with van der Waals surface area (Å²) in [6, 6.07) is 7.57. The van der Waals surface area contributed by atoms with Gasteiger partial charge in [0.2, 0.25) is 5.91 Å². The predicted octanol–water partition coefficient (Wildman–Crippen LogP) is 2.90. The van der Waals surface area contributed by atoms with Gasteiger partial charge in [-0.25, -0.2) is 0 Å². The SMILES string of the molecule is CC(C)Oc1ccccc1NC(=O)C1CCCCN1C. The first-order chi connectivity index (χ1) is 9.58. The molecule has 1 unspecified atom stereocenters. The molecule has 0 spiro atoms. The molecule has 1 aromatic rings. The molecular weight excluding hydrogens is 252 g/mol. The van der Waals surface area contributed by atoms with Gasteiger partial charge >= 0.3 is 0 Å². The number of hydrogen-bond acceptors (Lipinski definition) is 3. The van der Waals surface area contributed by atoms with Crippen LogP contribution in [0, 0.1) is 0 Å². The quantitative estimate of drug-likeness (QED) is 0.919. The van der Waals surface area contributed by atoms with Crippen LogP contribution in [-0.2, 0) is 4.79 Å². The first-order valence-corrected chi connectivity index (χ1v) is 7.34. The summed E-state index contributed by atoms with van der Waals surface area (Å²) in [5.41, 5.74) is 0.755. The molecule has 1 saturated heterocycles. The fourth-order valence-electron chi connectivity index (χ4n) is 2.55. The number of nitrogens with one attached hydrogen (secondary N) is 1. The van der Waals surface area contributed by atoms with Crippen LogP contribution in [0.5, 0.6) is 5.75 Å². The standard InChI is InChI=1S/C16H24N2O2/c1-12(2)20-15-10-5-4-8-13(15)17-16(19)14-9-6-7-11-18(14)3/h4-5,8,10,12,14H,6-7,9,11H2,1-3H3,(H,17,19). The number of amides is 1. The second-order valence-electron chi connectivity index (χ2n) is 5.64. The third kappa shape index (κ3) is 3.73. The second kappa shape index (κ2) is 6.75. The lowest BCUT2D eigenvalue weighted by Crippen LogP contribution is -2.44. The van der Waals surface area contributed by atoms with Gasteiger partial charge in [-0.2, -0.15) is 0 Å². The third-order valence-electron chi connectivity index (χ3n) is 3.58. The number of para-hydroxylation sites is 2. The topological polar surface area (TPSA) is 41.6 Å². The van der Waals surface area contributed by atoms with Crippen LogP contribution in [-0.4, -0.2) is 36.5 Å². The van der Waals surface area contributed by atoms with E-state index >= 15 is 0 Å². The molecule has 4 nitrogen and oxygen atoms in total. The molecule has 2 rings (SSSR count). The molecule has 0 saturated carbocycles. The Morgan fingerprint density at radius 1 is 1.35 bits per heavy atom. The molecule has 1 aliphatic rings. The molecule has 1 aromatic carbocycles. The number of carbonyl (C=O) groups is 1. The lowest BCUT2D eigenvalue weighted by atomic mass is 10.0. The molecule has 4 heteroatoms. The molecule has 1 heterocycles. The van der Waals surface area contributed by atoms with Crippen molar-refractivity contribution >= 4 is 11.6 Å². The Morgan fingerprint density at radius 3 is 2.80 bits per heavy atom. The summed E-state index contributed by atoms with van der Waals surface area (Å²) in [6.45, 7) is 4.95. The van der Waals surface area contributed by atoms with E-state index in [-0.39, 0.29) is 18.1 Å². The minimum absolute atomic E-state index is 0.0316.